The fourth-order valence-corrected chi connectivity index (χ4v) is 6.02. The van der Waals surface area contributed by atoms with Gasteiger partial charge in [-0.3, -0.25) is 4.79 Å². The molecule has 2 heterocycles. The standard InChI is InChI=1S/C22H25BrN2O3S/c23-19-7-10-21-18(16-19)12-15-25(21)22(26)11-6-17-4-8-20(9-5-17)29(27,28)24-13-2-1-3-14-24/h4-5,7-10,16H,1-3,6,11-15H2. The van der Waals surface area contributed by atoms with Gasteiger partial charge in [-0.05, 0) is 67.1 Å². The van der Waals surface area contributed by atoms with E-state index in [9.17, 15) is 13.2 Å². The number of aryl methyl sites for hydroxylation is 1. The normalized spacial score (nSPS) is 17.3. The molecule has 2 aliphatic heterocycles. The van der Waals surface area contributed by atoms with Gasteiger partial charge in [0.2, 0.25) is 15.9 Å². The van der Waals surface area contributed by atoms with Crippen LogP contribution in [0.4, 0.5) is 5.69 Å². The van der Waals surface area contributed by atoms with Crippen LogP contribution in [0.25, 0.3) is 0 Å². The van der Waals surface area contributed by atoms with Gasteiger partial charge < -0.3 is 4.90 Å². The first-order chi connectivity index (χ1) is 13.9. The Kier molecular flexibility index (Phi) is 6.08. The average Bonchev–Trinajstić information content (AvgIpc) is 3.16. The van der Waals surface area contributed by atoms with E-state index >= 15 is 0 Å². The summed E-state index contributed by atoms with van der Waals surface area (Å²) in [6.07, 6.45) is 4.84. The molecule has 7 heteroatoms. The highest BCUT2D eigenvalue weighted by Gasteiger charge is 2.26. The number of amides is 1. The fourth-order valence-electron chi connectivity index (χ4n) is 4.10. The maximum Gasteiger partial charge on any atom is 0.243 e. The third-order valence-corrected chi connectivity index (χ3v) is 8.15. The highest BCUT2D eigenvalue weighted by atomic mass is 79.9. The zero-order valence-electron chi connectivity index (χ0n) is 16.3. The van der Waals surface area contributed by atoms with Gasteiger partial charge in [0, 0.05) is 36.2 Å². The van der Waals surface area contributed by atoms with Crippen molar-refractivity contribution in [1.82, 2.24) is 4.31 Å². The van der Waals surface area contributed by atoms with Crippen molar-refractivity contribution in [2.24, 2.45) is 0 Å². The fraction of sp³-hybridized carbons (Fsp3) is 0.409. The molecule has 1 saturated heterocycles. The van der Waals surface area contributed by atoms with Crippen molar-refractivity contribution >= 4 is 37.5 Å². The van der Waals surface area contributed by atoms with Crippen LogP contribution in [0.2, 0.25) is 0 Å². The Balaban J connectivity index is 1.38. The van der Waals surface area contributed by atoms with Crippen molar-refractivity contribution in [2.75, 3.05) is 24.5 Å². The number of hydrogen-bond acceptors (Lipinski definition) is 3. The van der Waals surface area contributed by atoms with Crippen molar-refractivity contribution in [3.63, 3.8) is 0 Å². The highest BCUT2D eigenvalue weighted by molar-refractivity contribution is 9.10. The molecule has 0 radical (unpaired) electrons. The molecular weight excluding hydrogens is 452 g/mol. The number of sulfonamides is 1. The minimum absolute atomic E-state index is 0.107. The van der Waals surface area contributed by atoms with E-state index in [4.69, 9.17) is 0 Å². The highest BCUT2D eigenvalue weighted by Crippen LogP contribution is 2.31. The van der Waals surface area contributed by atoms with Gasteiger partial charge in [0.05, 0.1) is 4.90 Å². The molecule has 0 aliphatic carbocycles. The summed E-state index contributed by atoms with van der Waals surface area (Å²) >= 11 is 3.48. The number of carbonyl (C=O) groups is 1. The van der Waals surface area contributed by atoms with E-state index in [1.807, 2.05) is 29.2 Å². The molecule has 4 rings (SSSR count). The lowest BCUT2D eigenvalue weighted by Crippen LogP contribution is -2.35. The summed E-state index contributed by atoms with van der Waals surface area (Å²) in [5.41, 5.74) is 3.17. The summed E-state index contributed by atoms with van der Waals surface area (Å²) in [6.45, 7) is 1.93. The van der Waals surface area contributed by atoms with E-state index in [0.717, 1.165) is 48.0 Å². The van der Waals surface area contributed by atoms with Gasteiger partial charge in [0.1, 0.15) is 0 Å². The van der Waals surface area contributed by atoms with Crippen LogP contribution in [0, 0.1) is 0 Å². The van der Waals surface area contributed by atoms with Crippen LogP contribution >= 0.6 is 15.9 Å². The molecule has 1 amide bonds. The van der Waals surface area contributed by atoms with Crippen LogP contribution in [-0.2, 0) is 27.7 Å². The Morgan fingerprint density at radius 2 is 1.69 bits per heavy atom. The molecule has 0 atom stereocenters. The lowest BCUT2D eigenvalue weighted by molar-refractivity contribution is -0.118. The number of rotatable bonds is 5. The number of anilines is 1. The number of hydrogen-bond donors (Lipinski definition) is 0. The first-order valence-corrected chi connectivity index (χ1v) is 12.4. The van der Waals surface area contributed by atoms with Crippen molar-refractivity contribution in [1.29, 1.82) is 0 Å². The second kappa shape index (κ2) is 8.58. The SMILES string of the molecule is O=C(CCc1ccc(S(=O)(=O)N2CCCCC2)cc1)N1CCc2cc(Br)ccc21. The molecule has 0 bridgehead atoms. The van der Waals surface area contributed by atoms with Crippen molar-refractivity contribution < 1.29 is 13.2 Å². The average molecular weight is 477 g/mol. The van der Waals surface area contributed by atoms with Crippen molar-refractivity contribution in [3.05, 3.63) is 58.1 Å². The summed E-state index contributed by atoms with van der Waals surface area (Å²) in [5, 5.41) is 0. The molecular formula is C22H25BrN2O3S. The van der Waals surface area contributed by atoms with Crippen LogP contribution in [-0.4, -0.2) is 38.3 Å². The van der Waals surface area contributed by atoms with Crippen molar-refractivity contribution in [2.45, 2.75) is 43.4 Å². The largest absolute Gasteiger partial charge is 0.312 e. The molecule has 5 nitrogen and oxygen atoms in total. The lowest BCUT2D eigenvalue weighted by atomic mass is 10.1. The van der Waals surface area contributed by atoms with Gasteiger partial charge in [-0.1, -0.05) is 34.5 Å². The molecule has 29 heavy (non-hydrogen) atoms. The van der Waals surface area contributed by atoms with E-state index in [0.29, 0.717) is 30.8 Å². The van der Waals surface area contributed by atoms with Gasteiger partial charge >= 0.3 is 0 Å². The first kappa shape index (κ1) is 20.6. The summed E-state index contributed by atoms with van der Waals surface area (Å²) in [7, 11) is -3.41. The predicted octanol–water partition coefficient (Wildman–Crippen LogP) is 4.15. The predicted molar refractivity (Wildman–Crippen MR) is 118 cm³/mol. The maximum atomic E-state index is 12.7. The molecule has 0 aromatic heterocycles. The summed E-state index contributed by atoms with van der Waals surface area (Å²) in [4.78, 5) is 14.9. The summed E-state index contributed by atoms with van der Waals surface area (Å²) in [6, 6.07) is 13.0. The zero-order valence-corrected chi connectivity index (χ0v) is 18.7. The Bertz CT molecular complexity index is 999. The number of fused-ring (bicyclic) bond motifs is 1. The van der Waals surface area contributed by atoms with Crippen LogP contribution in [0.5, 0.6) is 0 Å². The van der Waals surface area contributed by atoms with Gasteiger partial charge in [0.15, 0.2) is 0 Å². The van der Waals surface area contributed by atoms with E-state index in [2.05, 4.69) is 22.0 Å². The minimum atomic E-state index is -3.41. The van der Waals surface area contributed by atoms with Crippen LogP contribution in [0.15, 0.2) is 51.8 Å². The third kappa shape index (κ3) is 4.42. The van der Waals surface area contributed by atoms with Gasteiger partial charge in [-0.2, -0.15) is 4.31 Å². The smallest absolute Gasteiger partial charge is 0.243 e. The number of benzene rings is 2. The molecule has 0 unspecified atom stereocenters. The topological polar surface area (TPSA) is 57.7 Å². The Labute approximate surface area is 180 Å². The molecule has 2 aliphatic rings. The molecule has 2 aromatic rings. The number of piperidine rings is 1. The number of nitrogens with zero attached hydrogens (tertiary/aromatic N) is 2. The molecule has 154 valence electrons. The van der Waals surface area contributed by atoms with Gasteiger partial charge in [0.25, 0.3) is 0 Å². The summed E-state index contributed by atoms with van der Waals surface area (Å²) < 4.78 is 28.1. The minimum Gasteiger partial charge on any atom is -0.312 e. The van der Waals surface area contributed by atoms with Crippen LogP contribution in [0.3, 0.4) is 0 Å². The zero-order chi connectivity index (χ0) is 20.4. The second-order valence-electron chi connectivity index (χ2n) is 7.68. The third-order valence-electron chi connectivity index (χ3n) is 5.74. The molecule has 0 spiro atoms. The maximum absolute atomic E-state index is 12.7. The van der Waals surface area contributed by atoms with Crippen LogP contribution in [0.1, 0.15) is 36.8 Å². The Morgan fingerprint density at radius 3 is 2.41 bits per heavy atom. The molecule has 1 fully saturated rings. The lowest BCUT2D eigenvalue weighted by Gasteiger charge is -2.25. The Morgan fingerprint density at radius 1 is 0.966 bits per heavy atom. The van der Waals surface area contributed by atoms with Gasteiger partial charge in [-0.25, -0.2) is 8.42 Å². The summed E-state index contributed by atoms with van der Waals surface area (Å²) in [5.74, 6) is 0.107. The van der Waals surface area contributed by atoms with E-state index < -0.39 is 10.0 Å². The molecule has 0 saturated carbocycles. The number of halogens is 1. The quantitative estimate of drug-likeness (QED) is 0.651. The monoisotopic (exact) mass is 476 g/mol. The van der Waals surface area contributed by atoms with Gasteiger partial charge in [-0.15, -0.1) is 0 Å². The second-order valence-corrected chi connectivity index (χ2v) is 10.5. The van der Waals surface area contributed by atoms with Crippen LogP contribution < -0.4 is 4.90 Å². The molecule has 2 aromatic carbocycles. The van der Waals surface area contributed by atoms with E-state index in [1.54, 1.807) is 16.4 Å². The van der Waals surface area contributed by atoms with E-state index in [-0.39, 0.29) is 5.91 Å². The van der Waals surface area contributed by atoms with Crippen molar-refractivity contribution in [3.8, 4) is 0 Å². The van der Waals surface area contributed by atoms with E-state index in [1.165, 1.54) is 5.56 Å². The molecule has 0 N–H and O–H groups in total. The number of carbonyl (C=O) groups excluding carboxylic acids is 1. The Hall–Kier alpha value is -1.70. The first-order valence-electron chi connectivity index (χ1n) is 10.1.